The molecular weight excluding hydrogens is 316 g/mol. The van der Waals surface area contributed by atoms with Crippen molar-refractivity contribution in [1.29, 1.82) is 0 Å². The zero-order valence-electron chi connectivity index (χ0n) is 11.9. The molecule has 0 bridgehead atoms. The molecule has 0 aliphatic carbocycles. The number of carboxylic acid groups (broad SMARTS) is 2. The molecule has 23 heavy (non-hydrogen) atoms. The van der Waals surface area contributed by atoms with Crippen LogP contribution in [0.1, 0.15) is 9.67 Å². The molecule has 0 spiro atoms. The van der Waals surface area contributed by atoms with Crippen molar-refractivity contribution in [3.05, 3.63) is 53.4 Å². The van der Waals surface area contributed by atoms with Crippen LogP contribution in [-0.4, -0.2) is 28.8 Å². The SMILES string of the molecule is O=C(O)COc1cccc(-c2ccc3cc(C(=O)O)sc3c2)c1. The molecular formula is C17H12O5S. The van der Waals surface area contributed by atoms with Gasteiger partial charge in [-0.1, -0.05) is 24.3 Å². The Hall–Kier alpha value is -2.86. The number of thiophene rings is 1. The summed E-state index contributed by atoms with van der Waals surface area (Å²) in [5.41, 5.74) is 1.79. The molecule has 6 heteroatoms. The molecule has 3 rings (SSSR count). The van der Waals surface area contributed by atoms with Crippen LogP contribution in [0.5, 0.6) is 5.75 Å². The maximum Gasteiger partial charge on any atom is 0.345 e. The lowest BCUT2D eigenvalue weighted by atomic mass is 10.0. The largest absolute Gasteiger partial charge is 0.482 e. The molecule has 0 amide bonds. The van der Waals surface area contributed by atoms with Gasteiger partial charge in [0.15, 0.2) is 6.61 Å². The monoisotopic (exact) mass is 328 g/mol. The van der Waals surface area contributed by atoms with Crippen molar-refractivity contribution in [1.82, 2.24) is 0 Å². The molecule has 0 aliphatic heterocycles. The Balaban J connectivity index is 1.94. The average molecular weight is 328 g/mol. The van der Waals surface area contributed by atoms with Crippen molar-refractivity contribution < 1.29 is 24.5 Å². The minimum absolute atomic E-state index is 0.302. The van der Waals surface area contributed by atoms with E-state index >= 15 is 0 Å². The summed E-state index contributed by atoms with van der Waals surface area (Å²) in [5.74, 6) is -1.49. The van der Waals surface area contributed by atoms with Gasteiger partial charge in [-0.2, -0.15) is 0 Å². The van der Waals surface area contributed by atoms with Gasteiger partial charge in [-0.3, -0.25) is 0 Å². The summed E-state index contributed by atoms with van der Waals surface area (Å²) in [6, 6.07) is 14.5. The number of hydrogen-bond acceptors (Lipinski definition) is 4. The minimum Gasteiger partial charge on any atom is -0.482 e. The average Bonchev–Trinajstić information content (AvgIpc) is 2.96. The molecule has 1 aromatic heterocycles. The predicted octanol–water partition coefficient (Wildman–Crippen LogP) is 3.73. The fourth-order valence-corrected chi connectivity index (χ4v) is 3.17. The summed E-state index contributed by atoms with van der Waals surface area (Å²) in [6.07, 6.45) is 0. The van der Waals surface area contributed by atoms with E-state index in [1.165, 1.54) is 11.3 Å². The highest BCUT2D eigenvalue weighted by atomic mass is 32.1. The van der Waals surface area contributed by atoms with Gasteiger partial charge in [0.25, 0.3) is 0 Å². The second-order valence-corrected chi connectivity index (χ2v) is 5.96. The van der Waals surface area contributed by atoms with Crippen LogP contribution in [0.15, 0.2) is 48.5 Å². The lowest BCUT2D eigenvalue weighted by Crippen LogP contribution is -2.09. The standard InChI is InChI=1S/C17H12O5S/c18-16(19)9-22-13-3-1-2-10(6-13)11-4-5-12-8-15(17(20)21)23-14(12)7-11/h1-8H,9H2,(H,18,19)(H,20,21). The van der Waals surface area contributed by atoms with Gasteiger partial charge in [0.1, 0.15) is 10.6 Å². The number of carboxylic acids is 2. The van der Waals surface area contributed by atoms with Crippen LogP contribution in [-0.2, 0) is 4.79 Å². The molecule has 0 saturated carbocycles. The van der Waals surface area contributed by atoms with Gasteiger partial charge in [-0.15, -0.1) is 11.3 Å². The second-order valence-electron chi connectivity index (χ2n) is 4.88. The van der Waals surface area contributed by atoms with Gasteiger partial charge >= 0.3 is 11.9 Å². The number of fused-ring (bicyclic) bond motifs is 1. The van der Waals surface area contributed by atoms with Crippen molar-refractivity contribution in [2.24, 2.45) is 0 Å². The molecule has 3 aromatic rings. The number of benzene rings is 2. The normalized spacial score (nSPS) is 10.6. The fourth-order valence-electron chi connectivity index (χ4n) is 2.23. The summed E-state index contributed by atoms with van der Waals surface area (Å²) in [5, 5.41) is 18.6. The quantitative estimate of drug-likeness (QED) is 0.745. The maximum atomic E-state index is 11.0. The van der Waals surface area contributed by atoms with E-state index in [1.807, 2.05) is 24.3 Å². The lowest BCUT2D eigenvalue weighted by molar-refractivity contribution is -0.139. The maximum absolute atomic E-state index is 11.0. The van der Waals surface area contributed by atoms with Crippen molar-refractivity contribution in [3.8, 4) is 16.9 Å². The first-order chi connectivity index (χ1) is 11.0. The number of rotatable bonds is 5. The molecule has 2 aromatic carbocycles. The van der Waals surface area contributed by atoms with E-state index in [-0.39, 0.29) is 0 Å². The number of aliphatic carboxylic acids is 1. The number of hydrogen-bond donors (Lipinski definition) is 2. The molecule has 0 saturated heterocycles. The third-order valence-corrected chi connectivity index (χ3v) is 4.35. The van der Waals surface area contributed by atoms with Crippen LogP contribution in [0.2, 0.25) is 0 Å². The van der Waals surface area contributed by atoms with Crippen LogP contribution >= 0.6 is 11.3 Å². The van der Waals surface area contributed by atoms with Crippen molar-refractivity contribution >= 4 is 33.4 Å². The van der Waals surface area contributed by atoms with Gasteiger partial charge < -0.3 is 14.9 Å². The summed E-state index contributed by atoms with van der Waals surface area (Å²) >= 11 is 1.22. The van der Waals surface area contributed by atoms with Crippen molar-refractivity contribution in [2.45, 2.75) is 0 Å². The smallest absolute Gasteiger partial charge is 0.345 e. The van der Waals surface area contributed by atoms with E-state index in [0.717, 1.165) is 21.2 Å². The molecule has 0 fully saturated rings. The van der Waals surface area contributed by atoms with Crippen LogP contribution in [0.25, 0.3) is 21.2 Å². The molecule has 0 aliphatic rings. The Bertz CT molecular complexity index is 897. The number of ether oxygens (including phenoxy) is 1. The Morgan fingerprint density at radius 3 is 2.52 bits per heavy atom. The Morgan fingerprint density at radius 1 is 1.00 bits per heavy atom. The van der Waals surface area contributed by atoms with Gasteiger partial charge in [0.05, 0.1) is 0 Å². The Labute approximate surface area is 135 Å². The van der Waals surface area contributed by atoms with E-state index in [4.69, 9.17) is 14.9 Å². The molecule has 0 radical (unpaired) electrons. The van der Waals surface area contributed by atoms with Gasteiger partial charge in [-0.05, 0) is 40.8 Å². The predicted molar refractivity (Wildman–Crippen MR) is 87.4 cm³/mol. The van der Waals surface area contributed by atoms with Crippen molar-refractivity contribution in [2.75, 3.05) is 6.61 Å². The van der Waals surface area contributed by atoms with Gasteiger partial charge in [0.2, 0.25) is 0 Å². The first-order valence-electron chi connectivity index (χ1n) is 6.75. The van der Waals surface area contributed by atoms with Gasteiger partial charge in [-0.25, -0.2) is 9.59 Å². The molecule has 5 nitrogen and oxygen atoms in total. The van der Waals surface area contributed by atoms with Crippen LogP contribution in [0.4, 0.5) is 0 Å². The summed E-state index contributed by atoms with van der Waals surface area (Å²) < 4.78 is 6.06. The van der Waals surface area contributed by atoms with E-state index in [9.17, 15) is 9.59 Å². The van der Waals surface area contributed by atoms with E-state index in [0.29, 0.717) is 10.6 Å². The number of aromatic carboxylic acids is 1. The first kappa shape index (κ1) is 15.1. The van der Waals surface area contributed by atoms with Crippen LogP contribution in [0, 0.1) is 0 Å². The Morgan fingerprint density at radius 2 is 1.78 bits per heavy atom. The Kier molecular flexibility index (Phi) is 3.99. The second kappa shape index (κ2) is 6.10. The molecule has 0 unspecified atom stereocenters. The lowest BCUT2D eigenvalue weighted by Gasteiger charge is -2.06. The third kappa shape index (κ3) is 3.32. The highest BCUT2D eigenvalue weighted by Crippen LogP contribution is 2.31. The summed E-state index contributed by atoms with van der Waals surface area (Å²) in [4.78, 5) is 21.9. The van der Waals surface area contributed by atoms with Crippen LogP contribution < -0.4 is 4.74 Å². The summed E-state index contributed by atoms with van der Waals surface area (Å²) in [6.45, 7) is -0.393. The third-order valence-electron chi connectivity index (χ3n) is 3.26. The highest BCUT2D eigenvalue weighted by molar-refractivity contribution is 7.20. The van der Waals surface area contributed by atoms with Crippen LogP contribution in [0.3, 0.4) is 0 Å². The number of carbonyl (C=O) groups is 2. The zero-order chi connectivity index (χ0) is 16.4. The molecule has 1 heterocycles. The highest BCUT2D eigenvalue weighted by Gasteiger charge is 2.09. The zero-order valence-corrected chi connectivity index (χ0v) is 12.7. The van der Waals surface area contributed by atoms with E-state index in [1.54, 1.807) is 24.3 Å². The van der Waals surface area contributed by atoms with E-state index in [2.05, 4.69) is 0 Å². The topological polar surface area (TPSA) is 83.8 Å². The van der Waals surface area contributed by atoms with Crippen molar-refractivity contribution in [3.63, 3.8) is 0 Å². The van der Waals surface area contributed by atoms with E-state index < -0.39 is 18.5 Å². The molecule has 116 valence electrons. The summed E-state index contributed by atoms with van der Waals surface area (Å²) in [7, 11) is 0. The minimum atomic E-state index is -1.03. The molecule has 2 N–H and O–H groups in total. The first-order valence-corrected chi connectivity index (χ1v) is 7.56. The fraction of sp³-hybridized carbons (Fsp3) is 0.0588. The molecule has 0 atom stereocenters. The van der Waals surface area contributed by atoms with Gasteiger partial charge in [0, 0.05) is 4.70 Å².